The van der Waals surface area contributed by atoms with Crippen molar-refractivity contribution in [2.75, 3.05) is 31.0 Å². The fourth-order valence-electron chi connectivity index (χ4n) is 4.05. The van der Waals surface area contributed by atoms with Gasteiger partial charge in [-0.1, -0.05) is 6.42 Å². The van der Waals surface area contributed by atoms with Crippen LogP contribution in [0.4, 0.5) is 5.69 Å². The van der Waals surface area contributed by atoms with Gasteiger partial charge in [0, 0.05) is 19.6 Å². The molecule has 0 amide bonds. The first-order valence-electron chi connectivity index (χ1n) is 10.3. The minimum atomic E-state index is -3.93. The molecule has 32 heavy (non-hydrogen) atoms. The van der Waals surface area contributed by atoms with Crippen LogP contribution in [-0.2, 0) is 36.5 Å². The molecule has 2 aliphatic rings. The molecule has 0 atom stereocenters. The molecule has 0 spiro atoms. The van der Waals surface area contributed by atoms with Crippen LogP contribution in [0.2, 0.25) is 0 Å². The Kier molecular flexibility index (Phi) is 6.09. The minimum absolute atomic E-state index is 0.0186. The van der Waals surface area contributed by atoms with Gasteiger partial charge in [0.05, 0.1) is 20.4 Å². The lowest BCUT2D eigenvalue weighted by Crippen LogP contribution is -2.35. The van der Waals surface area contributed by atoms with Crippen LogP contribution in [0.15, 0.2) is 57.2 Å². The van der Waals surface area contributed by atoms with Crippen molar-refractivity contribution in [2.24, 2.45) is 0 Å². The highest BCUT2D eigenvalue weighted by molar-refractivity contribution is 7.93. The molecule has 0 bridgehead atoms. The van der Waals surface area contributed by atoms with Gasteiger partial charge in [0.2, 0.25) is 20.0 Å². The summed E-state index contributed by atoms with van der Waals surface area (Å²) in [4.78, 5) is 0.127. The second-order valence-electron chi connectivity index (χ2n) is 7.76. The van der Waals surface area contributed by atoms with Gasteiger partial charge in [-0.05, 0) is 74.3 Å². The molecule has 1 N–H and O–H groups in total. The lowest BCUT2D eigenvalue weighted by molar-refractivity contribution is 0.346. The topological polar surface area (TPSA) is 121 Å². The zero-order valence-corrected chi connectivity index (χ0v) is 20.0. The first kappa shape index (κ1) is 23.2. The van der Waals surface area contributed by atoms with Crippen molar-refractivity contribution in [1.82, 2.24) is 9.03 Å². The lowest BCUT2D eigenvalue weighted by atomic mass is 10.2. The molecule has 2 aliphatic heterocycles. The molecule has 0 saturated carbocycles. The minimum Gasteiger partial charge on any atom is -0.266 e. The van der Waals surface area contributed by atoms with Gasteiger partial charge in [0.15, 0.2) is 0 Å². The van der Waals surface area contributed by atoms with Crippen molar-refractivity contribution in [3.8, 4) is 0 Å². The number of sulfonamides is 3. The number of nitrogens with zero attached hydrogens (tertiary/aromatic N) is 2. The van der Waals surface area contributed by atoms with E-state index >= 15 is 0 Å². The fraction of sp³-hybridized carbons (Fsp3) is 0.400. The van der Waals surface area contributed by atoms with Crippen LogP contribution in [0.5, 0.6) is 0 Å². The SMILES string of the molecule is CNS(=O)(=O)c1ccc2c(c1)CCN2S(=O)(=O)c1ccc(S(=O)(=O)N2CCCCC2)cc1. The van der Waals surface area contributed by atoms with Gasteiger partial charge in [0.25, 0.3) is 10.0 Å². The number of anilines is 1. The molecule has 4 rings (SSSR count). The molecule has 2 aromatic rings. The summed E-state index contributed by atoms with van der Waals surface area (Å²) in [5, 5.41) is 0. The van der Waals surface area contributed by atoms with E-state index in [1.54, 1.807) is 0 Å². The van der Waals surface area contributed by atoms with E-state index in [2.05, 4.69) is 4.72 Å². The van der Waals surface area contributed by atoms with E-state index in [1.165, 1.54) is 58.1 Å². The van der Waals surface area contributed by atoms with E-state index in [1.807, 2.05) is 0 Å². The van der Waals surface area contributed by atoms with Crippen LogP contribution in [0.25, 0.3) is 0 Å². The monoisotopic (exact) mass is 499 g/mol. The summed E-state index contributed by atoms with van der Waals surface area (Å²) in [6, 6.07) is 9.61. The molecule has 2 heterocycles. The van der Waals surface area contributed by atoms with Crippen LogP contribution in [-0.4, -0.2) is 56.2 Å². The Morgan fingerprint density at radius 2 is 1.28 bits per heavy atom. The molecule has 0 radical (unpaired) electrons. The molecule has 12 heteroatoms. The van der Waals surface area contributed by atoms with Crippen LogP contribution in [0.3, 0.4) is 0 Å². The number of nitrogens with one attached hydrogen (secondary N) is 1. The first-order chi connectivity index (χ1) is 15.1. The highest BCUT2D eigenvalue weighted by Crippen LogP contribution is 2.34. The first-order valence-corrected chi connectivity index (χ1v) is 14.6. The van der Waals surface area contributed by atoms with E-state index in [9.17, 15) is 25.3 Å². The van der Waals surface area contributed by atoms with Gasteiger partial charge in [0.1, 0.15) is 0 Å². The zero-order chi connectivity index (χ0) is 23.1. The van der Waals surface area contributed by atoms with Gasteiger partial charge in [-0.2, -0.15) is 4.31 Å². The third-order valence-electron chi connectivity index (χ3n) is 5.85. The molecular formula is C20H25N3O6S3. The molecule has 0 unspecified atom stereocenters. The van der Waals surface area contributed by atoms with Gasteiger partial charge < -0.3 is 0 Å². The van der Waals surface area contributed by atoms with Gasteiger partial charge in [-0.15, -0.1) is 0 Å². The summed E-state index contributed by atoms with van der Waals surface area (Å²) in [5.41, 5.74) is 1.04. The molecule has 0 aromatic heterocycles. The third kappa shape index (κ3) is 4.05. The summed E-state index contributed by atoms with van der Waals surface area (Å²) in [6.45, 7) is 1.12. The average Bonchev–Trinajstić information content (AvgIpc) is 3.24. The fourth-order valence-corrected chi connectivity index (χ4v) is 7.85. The lowest BCUT2D eigenvalue weighted by Gasteiger charge is -2.26. The van der Waals surface area contributed by atoms with Crippen molar-refractivity contribution in [2.45, 2.75) is 40.4 Å². The molecule has 2 aromatic carbocycles. The number of hydrogen-bond donors (Lipinski definition) is 1. The van der Waals surface area contributed by atoms with Crippen LogP contribution >= 0.6 is 0 Å². The summed E-state index contributed by atoms with van der Waals surface area (Å²) < 4.78 is 81.1. The molecule has 174 valence electrons. The smallest absolute Gasteiger partial charge is 0.264 e. The molecule has 1 fully saturated rings. The number of rotatable bonds is 6. The standard InChI is InChI=1S/C20H25N3O6S3/c1-21-30(24,25)19-9-10-20-16(15-19)11-14-23(20)32(28,29)18-7-5-17(6-8-18)31(26,27)22-12-3-2-4-13-22/h5-10,15,21H,2-4,11-14H2,1H3. The van der Waals surface area contributed by atoms with Crippen LogP contribution < -0.4 is 9.03 Å². The Labute approximate surface area is 189 Å². The summed E-state index contributed by atoms with van der Waals surface area (Å²) in [7, 11) is -9.90. The van der Waals surface area contributed by atoms with E-state index < -0.39 is 30.1 Å². The Morgan fingerprint density at radius 3 is 1.88 bits per heavy atom. The number of hydrogen-bond acceptors (Lipinski definition) is 6. The second kappa shape index (κ2) is 8.41. The molecule has 9 nitrogen and oxygen atoms in total. The largest absolute Gasteiger partial charge is 0.266 e. The maximum Gasteiger partial charge on any atom is 0.264 e. The van der Waals surface area contributed by atoms with Crippen molar-refractivity contribution < 1.29 is 25.3 Å². The average molecular weight is 500 g/mol. The molecule has 0 aliphatic carbocycles. The molecular weight excluding hydrogens is 474 g/mol. The predicted octanol–water partition coefficient (Wildman–Crippen LogP) is 1.52. The highest BCUT2D eigenvalue weighted by Gasteiger charge is 2.32. The zero-order valence-electron chi connectivity index (χ0n) is 17.6. The van der Waals surface area contributed by atoms with Crippen LogP contribution in [0, 0.1) is 0 Å². The van der Waals surface area contributed by atoms with Gasteiger partial charge in [-0.25, -0.2) is 30.0 Å². The van der Waals surface area contributed by atoms with Gasteiger partial charge >= 0.3 is 0 Å². The summed E-state index contributed by atoms with van der Waals surface area (Å²) >= 11 is 0. The molecule has 1 saturated heterocycles. The quantitative estimate of drug-likeness (QED) is 0.643. The predicted molar refractivity (Wildman–Crippen MR) is 120 cm³/mol. The van der Waals surface area contributed by atoms with E-state index in [-0.39, 0.29) is 21.2 Å². The summed E-state index contributed by atoms with van der Waals surface area (Å²) in [6.07, 6.45) is 3.01. The van der Waals surface area contributed by atoms with Crippen molar-refractivity contribution in [3.63, 3.8) is 0 Å². The van der Waals surface area contributed by atoms with Crippen LogP contribution in [0.1, 0.15) is 24.8 Å². The Hall–Kier alpha value is -1.99. The van der Waals surface area contributed by atoms with E-state index in [0.29, 0.717) is 30.8 Å². The highest BCUT2D eigenvalue weighted by atomic mass is 32.2. The van der Waals surface area contributed by atoms with Crippen molar-refractivity contribution in [1.29, 1.82) is 0 Å². The number of piperidine rings is 1. The normalized spacial score (nSPS) is 18.0. The van der Waals surface area contributed by atoms with E-state index in [4.69, 9.17) is 0 Å². The van der Waals surface area contributed by atoms with Gasteiger partial charge in [-0.3, -0.25) is 4.31 Å². The maximum absolute atomic E-state index is 13.2. The maximum atomic E-state index is 13.2. The van der Waals surface area contributed by atoms with Crippen molar-refractivity contribution in [3.05, 3.63) is 48.0 Å². The van der Waals surface area contributed by atoms with E-state index in [0.717, 1.165) is 19.3 Å². The van der Waals surface area contributed by atoms with Crippen molar-refractivity contribution >= 4 is 35.8 Å². The number of fused-ring (bicyclic) bond motifs is 1. The second-order valence-corrected chi connectivity index (χ2v) is 13.4. The Morgan fingerprint density at radius 1 is 0.719 bits per heavy atom. The third-order valence-corrected chi connectivity index (χ3v) is 11.0. The Bertz CT molecular complexity index is 1330. The summed E-state index contributed by atoms with van der Waals surface area (Å²) in [5.74, 6) is 0. The number of benzene rings is 2. The Balaban J connectivity index is 1.62.